The Labute approximate surface area is 237 Å². The Hall–Kier alpha value is -3.56. The maximum atomic E-state index is 14.1. The van der Waals surface area contributed by atoms with Crippen molar-refractivity contribution in [3.8, 4) is 0 Å². The Morgan fingerprint density at radius 1 is 0.952 bits per heavy atom. The van der Waals surface area contributed by atoms with Gasteiger partial charge in [-0.1, -0.05) is 0 Å². The third-order valence-electron chi connectivity index (χ3n) is 7.71. The number of amides is 1. The first-order valence-electron chi connectivity index (χ1n) is 13.2. The van der Waals surface area contributed by atoms with Crippen LogP contribution in [0.3, 0.4) is 0 Å². The van der Waals surface area contributed by atoms with Gasteiger partial charge in [0.1, 0.15) is 17.2 Å². The number of alkyl halides is 5. The van der Waals surface area contributed by atoms with E-state index in [1.807, 2.05) is 0 Å². The van der Waals surface area contributed by atoms with Crippen molar-refractivity contribution in [3.05, 3.63) is 72.7 Å². The molecule has 2 N–H and O–H groups in total. The minimum absolute atomic E-state index is 0.0422. The minimum atomic E-state index is -6.06. The molecule has 0 bridgehead atoms. The van der Waals surface area contributed by atoms with Gasteiger partial charge < -0.3 is 10.3 Å². The predicted molar refractivity (Wildman–Crippen MR) is 142 cm³/mol. The molecule has 2 aliphatic rings. The van der Waals surface area contributed by atoms with Gasteiger partial charge in [-0.2, -0.15) is 33.7 Å². The van der Waals surface area contributed by atoms with Gasteiger partial charge in [0.25, 0.3) is 11.5 Å². The van der Waals surface area contributed by atoms with Crippen LogP contribution in [-0.4, -0.2) is 48.7 Å². The van der Waals surface area contributed by atoms with Crippen LogP contribution < -0.4 is 22.1 Å². The smallest absolute Gasteiger partial charge is 0.349 e. The van der Waals surface area contributed by atoms with Crippen molar-refractivity contribution in [2.24, 2.45) is 0 Å². The first kappa shape index (κ1) is 29.9. The van der Waals surface area contributed by atoms with E-state index in [9.17, 15) is 45.5 Å². The number of carbonyl (C=O) groups is 1. The number of nitrogens with one attached hydrogen (secondary N) is 2. The highest BCUT2D eigenvalue weighted by atomic mass is 32.2. The molecule has 1 saturated heterocycles. The second-order valence-corrected chi connectivity index (χ2v) is 11.6. The molecular formula is C26H25F6N5O4S. The quantitative estimate of drug-likeness (QED) is 0.418. The average Bonchev–Trinajstić information content (AvgIpc) is 2.94. The van der Waals surface area contributed by atoms with Crippen molar-refractivity contribution in [1.82, 2.24) is 24.4 Å². The van der Waals surface area contributed by atoms with Gasteiger partial charge in [-0.25, -0.2) is 14.2 Å². The van der Waals surface area contributed by atoms with Crippen molar-refractivity contribution in [2.75, 3.05) is 11.5 Å². The van der Waals surface area contributed by atoms with Gasteiger partial charge in [-0.15, -0.1) is 0 Å². The zero-order chi connectivity index (χ0) is 30.4. The van der Waals surface area contributed by atoms with Crippen molar-refractivity contribution in [1.29, 1.82) is 0 Å². The number of hydrogen-bond acceptors (Lipinski definition) is 6. The van der Waals surface area contributed by atoms with Crippen LogP contribution in [-0.2, 0) is 5.92 Å². The number of thioether (sulfide) groups is 1. The third kappa shape index (κ3) is 5.47. The minimum Gasteiger partial charge on any atom is -0.349 e. The topological polar surface area (TPSA) is 119 Å². The second-order valence-electron chi connectivity index (χ2n) is 10.4. The molecule has 1 saturated carbocycles. The molecule has 0 aromatic carbocycles. The molecule has 226 valence electrons. The highest BCUT2D eigenvalue weighted by Gasteiger charge is 2.61. The van der Waals surface area contributed by atoms with Crippen LogP contribution in [0.2, 0.25) is 0 Å². The van der Waals surface area contributed by atoms with Crippen LogP contribution >= 0.6 is 11.8 Å². The van der Waals surface area contributed by atoms with E-state index in [4.69, 9.17) is 0 Å². The Kier molecular flexibility index (Phi) is 8.02. The van der Waals surface area contributed by atoms with Crippen LogP contribution in [0.1, 0.15) is 66.7 Å². The molecule has 0 unspecified atom stereocenters. The van der Waals surface area contributed by atoms with Crippen molar-refractivity contribution >= 4 is 28.7 Å². The Bertz CT molecular complexity index is 1690. The molecule has 1 aliphatic carbocycles. The number of fused-ring (bicyclic) bond motifs is 1. The summed E-state index contributed by atoms with van der Waals surface area (Å²) in [5.41, 5.74) is -5.31. The molecule has 1 aliphatic heterocycles. The maximum absolute atomic E-state index is 14.1. The monoisotopic (exact) mass is 617 g/mol. The first-order chi connectivity index (χ1) is 19.8. The summed E-state index contributed by atoms with van der Waals surface area (Å²) in [5.74, 6) is -5.86. The van der Waals surface area contributed by atoms with Gasteiger partial charge in [-0.3, -0.25) is 23.5 Å². The lowest BCUT2D eigenvalue weighted by molar-refractivity contribution is -0.291. The molecule has 0 atom stereocenters. The lowest BCUT2D eigenvalue weighted by atomic mass is 9.90. The largest absolute Gasteiger partial charge is 0.459 e. The molecule has 5 rings (SSSR count). The van der Waals surface area contributed by atoms with Crippen LogP contribution in [0.25, 0.3) is 11.0 Å². The standard InChI is InChI=1S/C26H25F6N5O4S/c27-13-11-18-21(33-12-13)36(16-7-9-42-10-8-16)24(41)37(23(18)40)15-3-1-14(2-4-15)34-22(39)17-5-6-19(38)35-20(17)25(28,29)26(30,31)32/h5-6,11-12,14-16H,1-4,7-10H2,(H,34,39)(H,35,38)/t14-,15+. The van der Waals surface area contributed by atoms with Gasteiger partial charge >= 0.3 is 17.8 Å². The first-order valence-corrected chi connectivity index (χ1v) is 14.3. The van der Waals surface area contributed by atoms with Crippen LogP contribution in [0.15, 0.2) is 38.8 Å². The SMILES string of the molecule is O=C(N[C@H]1CC[C@@H](n2c(=O)c3cc(F)cnc3n(C3CCSCC3)c2=O)CC1)c1ccc(=O)[nH]c1C(F)(F)C(F)(F)F. The summed E-state index contributed by atoms with van der Waals surface area (Å²) in [6, 6.07) is 0.765. The Morgan fingerprint density at radius 3 is 2.24 bits per heavy atom. The summed E-state index contributed by atoms with van der Waals surface area (Å²) in [7, 11) is 0. The predicted octanol–water partition coefficient (Wildman–Crippen LogP) is 4.02. The highest BCUT2D eigenvalue weighted by molar-refractivity contribution is 7.99. The van der Waals surface area contributed by atoms with Crippen molar-refractivity contribution in [2.45, 2.75) is 68.7 Å². The Balaban J connectivity index is 1.40. The number of aromatic nitrogens is 4. The summed E-state index contributed by atoms with van der Waals surface area (Å²) < 4.78 is 83.8. The number of carbonyl (C=O) groups excluding carboxylic acids is 1. The summed E-state index contributed by atoms with van der Waals surface area (Å²) >= 11 is 1.74. The van der Waals surface area contributed by atoms with Crippen LogP contribution in [0.5, 0.6) is 0 Å². The number of aromatic amines is 1. The van der Waals surface area contributed by atoms with E-state index in [-0.39, 0.29) is 42.8 Å². The lowest BCUT2D eigenvalue weighted by Crippen LogP contribution is -2.47. The van der Waals surface area contributed by atoms with E-state index in [1.165, 1.54) is 9.55 Å². The molecule has 9 nitrogen and oxygen atoms in total. The van der Waals surface area contributed by atoms with E-state index in [1.54, 1.807) is 11.8 Å². The highest BCUT2D eigenvalue weighted by Crippen LogP contribution is 2.44. The molecule has 4 heterocycles. The second kappa shape index (κ2) is 11.3. The van der Waals surface area contributed by atoms with Crippen LogP contribution in [0.4, 0.5) is 26.3 Å². The fourth-order valence-corrected chi connectivity index (χ4v) is 6.68. The van der Waals surface area contributed by atoms with E-state index < -0.39 is 64.0 Å². The zero-order valence-electron chi connectivity index (χ0n) is 21.8. The molecule has 2 fully saturated rings. The van der Waals surface area contributed by atoms with Crippen LogP contribution in [0, 0.1) is 5.82 Å². The third-order valence-corrected chi connectivity index (χ3v) is 8.76. The van der Waals surface area contributed by atoms with Crippen molar-refractivity contribution in [3.63, 3.8) is 0 Å². The summed E-state index contributed by atoms with van der Waals surface area (Å²) in [6.45, 7) is 0. The van der Waals surface area contributed by atoms with Crippen molar-refractivity contribution < 1.29 is 31.1 Å². The Morgan fingerprint density at radius 2 is 1.60 bits per heavy atom. The molecule has 0 radical (unpaired) electrons. The number of halogens is 6. The molecule has 0 spiro atoms. The fourth-order valence-electron chi connectivity index (χ4n) is 5.59. The summed E-state index contributed by atoms with van der Waals surface area (Å²) in [5, 5.41) is 2.38. The van der Waals surface area contributed by atoms with Gasteiger partial charge in [0.05, 0.1) is 17.1 Å². The fraction of sp³-hybridized carbons (Fsp3) is 0.500. The maximum Gasteiger partial charge on any atom is 0.459 e. The van der Waals surface area contributed by atoms with E-state index in [2.05, 4.69) is 10.3 Å². The van der Waals surface area contributed by atoms with E-state index in [0.717, 1.165) is 28.3 Å². The van der Waals surface area contributed by atoms with E-state index >= 15 is 0 Å². The molecule has 3 aromatic heterocycles. The molecule has 42 heavy (non-hydrogen) atoms. The van der Waals surface area contributed by atoms with Gasteiger partial charge in [0.2, 0.25) is 5.56 Å². The number of H-pyrrole nitrogens is 1. The summed E-state index contributed by atoms with van der Waals surface area (Å²) in [4.78, 5) is 56.9. The number of pyridine rings is 2. The molecule has 16 heteroatoms. The van der Waals surface area contributed by atoms with E-state index in [0.29, 0.717) is 25.0 Å². The zero-order valence-corrected chi connectivity index (χ0v) is 22.7. The number of hydrogen-bond donors (Lipinski definition) is 2. The summed E-state index contributed by atoms with van der Waals surface area (Å²) in [6.07, 6.45) is -3.08. The normalized spacial score (nSPS) is 20.5. The number of nitrogens with zero attached hydrogens (tertiary/aromatic N) is 3. The average molecular weight is 618 g/mol. The molecular weight excluding hydrogens is 592 g/mol. The lowest BCUT2D eigenvalue weighted by Gasteiger charge is -2.32. The van der Waals surface area contributed by atoms with Gasteiger partial charge in [-0.05, 0) is 62.2 Å². The molecule has 3 aromatic rings. The number of rotatable bonds is 5. The van der Waals surface area contributed by atoms with Gasteiger partial charge in [0, 0.05) is 24.2 Å². The molecule has 1 amide bonds. The van der Waals surface area contributed by atoms with Gasteiger partial charge in [0.15, 0.2) is 0 Å².